The van der Waals surface area contributed by atoms with E-state index in [4.69, 9.17) is 5.73 Å². The molecule has 0 aliphatic heterocycles. The van der Waals surface area contributed by atoms with Crippen LogP contribution < -0.4 is 5.73 Å². The van der Waals surface area contributed by atoms with Crippen LogP contribution in [0.15, 0.2) is 30.3 Å². The Balaban J connectivity index is 2.41. The summed E-state index contributed by atoms with van der Waals surface area (Å²) in [4.78, 5) is 4.08. The summed E-state index contributed by atoms with van der Waals surface area (Å²) in [6, 6.07) is 8.18. The molecule has 0 fully saturated rings. The van der Waals surface area contributed by atoms with E-state index in [9.17, 15) is 8.78 Å². The summed E-state index contributed by atoms with van der Waals surface area (Å²) in [6.45, 7) is 3.87. The average Bonchev–Trinajstić information content (AvgIpc) is 2.70. The van der Waals surface area contributed by atoms with Crippen LogP contribution in [0.25, 0.3) is 16.7 Å². The molecule has 2 aromatic carbocycles. The first-order valence-corrected chi connectivity index (χ1v) is 6.18. The van der Waals surface area contributed by atoms with Gasteiger partial charge in [0, 0.05) is 5.69 Å². The topological polar surface area (TPSA) is 43.8 Å². The zero-order valence-electron chi connectivity index (χ0n) is 11.1. The number of nitrogen functional groups attached to an aromatic ring is 1. The Labute approximate surface area is 114 Å². The third-order valence-electron chi connectivity index (χ3n) is 3.20. The lowest BCUT2D eigenvalue weighted by atomic mass is 10.1. The maximum Gasteiger partial charge on any atom is 0.206 e. The first kappa shape index (κ1) is 12.6. The lowest BCUT2D eigenvalue weighted by molar-refractivity contribution is 0.514. The van der Waals surface area contributed by atoms with Gasteiger partial charge in [0.2, 0.25) is 5.95 Å². The minimum absolute atomic E-state index is 0.0625. The van der Waals surface area contributed by atoms with E-state index in [-0.39, 0.29) is 11.5 Å². The second-order valence-electron chi connectivity index (χ2n) is 4.88. The van der Waals surface area contributed by atoms with Crippen molar-refractivity contribution >= 4 is 17.0 Å². The molecule has 102 valence electrons. The molecule has 0 aliphatic rings. The van der Waals surface area contributed by atoms with Crippen LogP contribution in [0.1, 0.15) is 11.1 Å². The van der Waals surface area contributed by atoms with Gasteiger partial charge in [0.15, 0.2) is 11.6 Å². The van der Waals surface area contributed by atoms with Crippen LogP contribution >= 0.6 is 0 Å². The zero-order chi connectivity index (χ0) is 14.4. The minimum atomic E-state index is -0.939. The van der Waals surface area contributed by atoms with Crippen molar-refractivity contribution in [3.05, 3.63) is 53.1 Å². The molecule has 3 nitrogen and oxygen atoms in total. The highest BCUT2D eigenvalue weighted by Gasteiger charge is 2.17. The quantitative estimate of drug-likeness (QED) is 0.737. The molecule has 0 aliphatic carbocycles. The van der Waals surface area contributed by atoms with Crippen molar-refractivity contribution < 1.29 is 8.78 Å². The molecular weight excluding hydrogens is 260 g/mol. The third kappa shape index (κ3) is 1.82. The van der Waals surface area contributed by atoms with Gasteiger partial charge in [-0.1, -0.05) is 6.07 Å². The Morgan fingerprint density at radius 3 is 2.35 bits per heavy atom. The number of aryl methyl sites for hydroxylation is 2. The van der Waals surface area contributed by atoms with Crippen LogP contribution in [0, 0.1) is 25.5 Å². The van der Waals surface area contributed by atoms with Crippen LogP contribution in [0.5, 0.6) is 0 Å². The van der Waals surface area contributed by atoms with E-state index in [2.05, 4.69) is 4.98 Å². The van der Waals surface area contributed by atoms with E-state index in [1.165, 1.54) is 10.6 Å². The highest BCUT2D eigenvalue weighted by atomic mass is 19.2. The van der Waals surface area contributed by atoms with Crippen molar-refractivity contribution in [2.75, 3.05) is 5.73 Å². The van der Waals surface area contributed by atoms with Crippen LogP contribution in [-0.4, -0.2) is 9.55 Å². The first-order valence-electron chi connectivity index (χ1n) is 6.18. The highest BCUT2D eigenvalue weighted by molar-refractivity contribution is 5.81. The number of fused-ring (bicyclic) bond motifs is 1. The Kier molecular flexibility index (Phi) is 2.71. The minimum Gasteiger partial charge on any atom is -0.369 e. The Hall–Kier alpha value is -2.43. The van der Waals surface area contributed by atoms with Gasteiger partial charge in [-0.15, -0.1) is 0 Å². The molecule has 0 bridgehead atoms. The molecule has 0 saturated heterocycles. The van der Waals surface area contributed by atoms with Gasteiger partial charge in [-0.3, -0.25) is 4.57 Å². The Morgan fingerprint density at radius 2 is 1.70 bits per heavy atom. The lowest BCUT2D eigenvalue weighted by Gasteiger charge is -2.09. The fraction of sp³-hybridized carbons (Fsp3) is 0.133. The number of nitrogens with zero attached hydrogens (tertiary/aromatic N) is 2. The summed E-state index contributed by atoms with van der Waals surface area (Å²) in [5.74, 6) is -1.72. The fourth-order valence-electron chi connectivity index (χ4n) is 2.46. The van der Waals surface area contributed by atoms with Crippen LogP contribution in [0.2, 0.25) is 0 Å². The predicted octanol–water partition coefficient (Wildman–Crippen LogP) is 3.50. The maximum absolute atomic E-state index is 14.1. The van der Waals surface area contributed by atoms with Gasteiger partial charge in [0.1, 0.15) is 5.52 Å². The van der Waals surface area contributed by atoms with E-state index in [1.807, 2.05) is 32.0 Å². The molecule has 1 heterocycles. The molecule has 0 spiro atoms. The summed E-state index contributed by atoms with van der Waals surface area (Å²) < 4.78 is 29.0. The van der Waals surface area contributed by atoms with E-state index >= 15 is 0 Å². The van der Waals surface area contributed by atoms with Gasteiger partial charge in [-0.25, -0.2) is 13.8 Å². The highest BCUT2D eigenvalue weighted by Crippen LogP contribution is 2.27. The summed E-state index contributed by atoms with van der Waals surface area (Å²) >= 11 is 0. The number of halogens is 2. The van der Waals surface area contributed by atoms with E-state index in [0.29, 0.717) is 11.2 Å². The number of nitrogens with two attached hydrogens (primary N) is 1. The normalized spacial score (nSPS) is 11.2. The summed E-state index contributed by atoms with van der Waals surface area (Å²) in [6.07, 6.45) is 0. The predicted molar refractivity (Wildman–Crippen MR) is 74.9 cm³/mol. The van der Waals surface area contributed by atoms with Crippen molar-refractivity contribution in [2.24, 2.45) is 0 Å². The Morgan fingerprint density at radius 1 is 1.05 bits per heavy atom. The molecule has 1 aromatic heterocycles. The number of hydrogen-bond donors (Lipinski definition) is 1. The third-order valence-corrected chi connectivity index (χ3v) is 3.20. The zero-order valence-corrected chi connectivity index (χ0v) is 11.1. The first-order chi connectivity index (χ1) is 9.47. The van der Waals surface area contributed by atoms with Gasteiger partial charge in [-0.2, -0.15) is 0 Å². The van der Waals surface area contributed by atoms with Crippen molar-refractivity contribution in [1.29, 1.82) is 0 Å². The molecule has 2 N–H and O–H groups in total. The molecule has 20 heavy (non-hydrogen) atoms. The summed E-state index contributed by atoms with van der Waals surface area (Å²) in [5, 5.41) is 0. The van der Waals surface area contributed by atoms with Crippen molar-refractivity contribution in [1.82, 2.24) is 9.55 Å². The van der Waals surface area contributed by atoms with Gasteiger partial charge in [0.25, 0.3) is 0 Å². The molecule has 0 amide bonds. The number of imidazole rings is 1. The molecule has 0 unspecified atom stereocenters. The molecule has 0 saturated carbocycles. The molecule has 3 rings (SSSR count). The monoisotopic (exact) mass is 273 g/mol. The second kappa shape index (κ2) is 4.30. The van der Waals surface area contributed by atoms with Crippen molar-refractivity contribution in [3.63, 3.8) is 0 Å². The second-order valence-corrected chi connectivity index (χ2v) is 4.88. The SMILES string of the molecule is Cc1cc(C)cc(-n2c(N)nc3ccc(F)c(F)c32)c1. The number of anilines is 1. The summed E-state index contributed by atoms with van der Waals surface area (Å²) in [7, 11) is 0. The van der Waals surface area contributed by atoms with Crippen LogP contribution in [0.3, 0.4) is 0 Å². The molecule has 5 heteroatoms. The van der Waals surface area contributed by atoms with Crippen molar-refractivity contribution in [3.8, 4) is 5.69 Å². The summed E-state index contributed by atoms with van der Waals surface area (Å²) in [5.41, 5.74) is 8.96. The molecule has 3 aromatic rings. The van der Waals surface area contributed by atoms with Gasteiger partial charge in [0.05, 0.1) is 5.52 Å². The number of aromatic nitrogens is 2. The number of rotatable bonds is 1. The smallest absolute Gasteiger partial charge is 0.206 e. The van der Waals surface area contributed by atoms with E-state index < -0.39 is 11.6 Å². The van der Waals surface area contributed by atoms with Gasteiger partial charge in [-0.05, 0) is 49.2 Å². The number of benzene rings is 2. The number of hydrogen-bond acceptors (Lipinski definition) is 2. The molecule has 0 radical (unpaired) electrons. The van der Waals surface area contributed by atoms with E-state index in [1.54, 1.807) is 0 Å². The lowest BCUT2D eigenvalue weighted by Crippen LogP contribution is -2.03. The van der Waals surface area contributed by atoms with Gasteiger partial charge < -0.3 is 5.73 Å². The fourth-order valence-corrected chi connectivity index (χ4v) is 2.46. The Bertz CT molecular complexity index is 801. The average molecular weight is 273 g/mol. The molecule has 0 atom stereocenters. The standard InChI is InChI=1S/C15H13F2N3/c1-8-5-9(2)7-10(6-8)20-14-12(19-15(20)18)4-3-11(16)13(14)17/h3-7H,1-2H3,(H2,18,19). The maximum atomic E-state index is 14.1. The van der Waals surface area contributed by atoms with Crippen LogP contribution in [-0.2, 0) is 0 Å². The van der Waals surface area contributed by atoms with E-state index in [0.717, 1.165) is 17.2 Å². The van der Waals surface area contributed by atoms with Gasteiger partial charge >= 0.3 is 0 Å². The van der Waals surface area contributed by atoms with Crippen molar-refractivity contribution in [2.45, 2.75) is 13.8 Å². The largest absolute Gasteiger partial charge is 0.369 e. The van der Waals surface area contributed by atoms with Crippen LogP contribution in [0.4, 0.5) is 14.7 Å². The molecular formula is C15H13F2N3.